The average molecular weight is 403 g/mol. The van der Waals surface area contributed by atoms with Gasteiger partial charge in [-0.05, 0) is 43.9 Å². The molecule has 3 rings (SSSR count). The monoisotopic (exact) mass is 402 g/mol. The van der Waals surface area contributed by atoms with Crippen molar-refractivity contribution in [2.75, 3.05) is 27.4 Å². The smallest absolute Gasteiger partial charge is 0.254 e. The minimum atomic E-state index is -1.67. The summed E-state index contributed by atoms with van der Waals surface area (Å²) in [5, 5.41) is 2.55. The Hall–Kier alpha value is -2.45. The molecule has 0 fully saturated rings. The number of hydrogen-bond acceptors (Lipinski definition) is 4. The van der Waals surface area contributed by atoms with E-state index in [2.05, 4.69) is 5.32 Å². The molecule has 1 aliphatic heterocycles. The molecule has 0 bridgehead atoms. The number of ether oxygens (including phenoxy) is 2. The molecule has 0 aliphatic carbocycles. The fourth-order valence-electron chi connectivity index (χ4n) is 2.70. The van der Waals surface area contributed by atoms with Crippen molar-refractivity contribution in [2.45, 2.75) is 6.04 Å². The number of rotatable bonds is 5. The van der Waals surface area contributed by atoms with Crippen LogP contribution in [-0.4, -0.2) is 38.2 Å². The number of likely N-dealkylation sites (N-methyl/N-ethyl adjacent to an activating group) is 1. The van der Waals surface area contributed by atoms with Crippen LogP contribution in [0.1, 0.15) is 22.0 Å². The maximum atomic E-state index is 13.8. The number of carbonyl (C=O) groups is 1. The van der Waals surface area contributed by atoms with Crippen molar-refractivity contribution >= 4 is 18.3 Å². The Labute approximate surface area is 160 Å². The second-order valence-electron chi connectivity index (χ2n) is 6.03. The summed E-state index contributed by atoms with van der Waals surface area (Å²) in [4.78, 5) is 14.0. The minimum absolute atomic E-state index is 0. The highest BCUT2D eigenvalue weighted by molar-refractivity contribution is 5.94. The lowest BCUT2D eigenvalue weighted by Crippen LogP contribution is -2.35. The van der Waals surface area contributed by atoms with Gasteiger partial charge in [0.2, 0.25) is 6.79 Å². The Kier molecular flexibility index (Phi) is 6.56. The number of carbonyl (C=O) groups excluding carboxylic acids is 1. The van der Waals surface area contributed by atoms with E-state index in [9.17, 15) is 18.0 Å². The van der Waals surface area contributed by atoms with E-state index in [-0.39, 0.29) is 31.8 Å². The van der Waals surface area contributed by atoms with Crippen LogP contribution in [0.3, 0.4) is 0 Å². The first kappa shape index (κ1) is 20.9. The van der Waals surface area contributed by atoms with Crippen molar-refractivity contribution in [1.29, 1.82) is 0 Å². The summed E-state index contributed by atoms with van der Waals surface area (Å²) in [6, 6.07) is 6.79. The zero-order chi connectivity index (χ0) is 18.8. The number of benzene rings is 2. The van der Waals surface area contributed by atoms with E-state index in [0.29, 0.717) is 17.6 Å². The van der Waals surface area contributed by atoms with Gasteiger partial charge in [0.25, 0.3) is 5.91 Å². The van der Waals surface area contributed by atoms with Crippen molar-refractivity contribution in [3.05, 3.63) is 58.9 Å². The molecule has 0 spiro atoms. The van der Waals surface area contributed by atoms with Crippen LogP contribution in [-0.2, 0) is 0 Å². The minimum Gasteiger partial charge on any atom is -0.454 e. The second-order valence-corrected chi connectivity index (χ2v) is 6.03. The number of hydrogen-bond donors (Lipinski definition) is 1. The molecule has 0 aromatic heterocycles. The lowest BCUT2D eigenvalue weighted by atomic mass is 10.0. The van der Waals surface area contributed by atoms with Gasteiger partial charge < -0.3 is 19.7 Å². The molecule has 0 saturated carbocycles. The Morgan fingerprint density at radius 3 is 2.52 bits per heavy atom. The molecular weight excluding hydrogens is 385 g/mol. The van der Waals surface area contributed by atoms with Gasteiger partial charge in [0.05, 0.1) is 11.6 Å². The standard InChI is InChI=1S/C18H17F3N2O3.ClH/c1-23(2)13(10-3-6-14-15(7-10)26-9-25-14)8-22-18(24)11-4-5-12(19)17(21)16(11)20;/h3-7,13H,8-9H2,1-2H3,(H,22,24);1H. The molecule has 0 radical (unpaired) electrons. The number of nitrogens with one attached hydrogen (secondary N) is 1. The molecule has 146 valence electrons. The lowest BCUT2D eigenvalue weighted by molar-refractivity contribution is 0.0936. The van der Waals surface area contributed by atoms with Crippen LogP contribution in [0, 0.1) is 17.5 Å². The highest BCUT2D eigenvalue weighted by Crippen LogP contribution is 2.35. The maximum absolute atomic E-state index is 13.8. The number of nitrogens with zero attached hydrogens (tertiary/aromatic N) is 1. The van der Waals surface area contributed by atoms with Gasteiger partial charge in [-0.3, -0.25) is 4.79 Å². The van der Waals surface area contributed by atoms with Crippen LogP contribution in [0.5, 0.6) is 11.5 Å². The molecule has 27 heavy (non-hydrogen) atoms. The van der Waals surface area contributed by atoms with Gasteiger partial charge in [0.15, 0.2) is 29.0 Å². The van der Waals surface area contributed by atoms with Crippen LogP contribution in [0.2, 0.25) is 0 Å². The van der Waals surface area contributed by atoms with Crippen LogP contribution in [0.15, 0.2) is 30.3 Å². The number of fused-ring (bicyclic) bond motifs is 1. The topological polar surface area (TPSA) is 50.8 Å². The molecule has 1 N–H and O–H groups in total. The van der Waals surface area contributed by atoms with E-state index in [0.717, 1.165) is 11.6 Å². The second kappa shape index (κ2) is 8.49. The predicted octanol–water partition coefficient (Wildman–Crippen LogP) is 3.29. The van der Waals surface area contributed by atoms with Crippen LogP contribution >= 0.6 is 12.4 Å². The fraction of sp³-hybridized carbons (Fsp3) is 0.278. The van der Waals surface area contributed by atoms with Crippen molar-refractivity contribution in [2.24, 2.45) is 0 Å². The van der Waals surface area contributed by atoms with Gasteiger partial charge in [-0.25, -0.2) is 13.2 Å². The third kappa shape index (κ3) is 4.28. The Bertz CT molecular complexity index is 849. The van der Waals surface area contributed by atoms with Crippen molar-refractivity contribution in [3.8, 4) is 11.5 Å². The van der Waals surface area contributed by atoms with E-state index in [4.69, 9.17) is 9.47 Å². The van der Waals surface area contributed by atoms with E-state index >= 15 is 0 Å². The van der Waals surface area contributed by atoms with E-state index in [1.807, 2.05) is 25.1 Å². The summed E-state index contributed by atoms with van der Waals surface area (Å²) in [5.41, 5.74) is 0.303. The van der Waals surface area contributed by atoms with Gasteiger partial charge in [0.1, 0.15) is 0 Å². The zero-order valence-corrected chi connectivity index (χ0v) is 15.4. The Morgan fingerprint density at radius 1 is 1.11 bits per heavy atom. The quantitative estimate of drug-likeness (QED) is 0.780. The number of amides is 1. The first-order valence-electron chi connectivity index (χ1n) is 7.86. The summed E-state index contributed by atoms with van der Waals surface area (Å²) in [6.45, 7) is 0.279. The Morgan fingerprint density at radius 2 is 1.81 bits per heavy atom. The predicted molar refractivity (Wildman–Crippen MR) is 94.9 cm³/mol. The van der Waals surface area contributed by atoms with Crippen LogP contribution < -0.4 is 14.8 Å². The molecule has 1 amide bonds. The highest BCUT2D eigenvalue weighted by atomic mass is 35.5. The van der Waals surface area contributed by atoms with Gasteiger partial charge in [-0.1, -0.05) is 6.07 Å². The van der Waals surface area contributed by atoms with Gasteiger partial charge in [0, 0.05) is 6.54 Å². The van der Waals surface area contributed by atoms with Gasteiger partial charge in [-0.15, -0.1) is 12.4 Å². The average Bonchev–Trinajstić information content (AvgIpc) is 3.07. The summed E-state index contributed by atoms with van der Waals surface area (Å²) in [5.74, 6) is -4.10. The zero-order valence-electron chi connectivity index (χ0n) is 14.6. The highest BCUT2D eigenvalue weighted by Gasteiger charge is 2.22. The SMILES string of the molecule is CN(C)C(CNC(=O)c1ccc(F)c(F)c1F)c1ccc2c(c1)OCO2.Cl. The van der Waals surface area contributed by atoms with Crippen LogP contribution in [0.4, 0.5) is 13.2 Å². The molecule has 9 heteroatoms. The molecule has 1 aliphatic rings. The first-order valence-corrected chi connectivity index (χ1v) is 7.86. The van der Waals surface area contributed by atoms with Gasteiger partial charge in [-0.2, -0.15) is 0 Å². The van der Waals surface area contributed by atoms with E-state index < -0.39 is 28.9 Å². The lowest BCUT2D eigenvalue weighted by Gasteiger charge is -2.25. The normalized spacial score (nSPS) is 13.3. The maximum Gasteiger partial charge on any atom is 0.254 e. The number of halogens is 4. The van der Waals surface area contributed by atoms with Gasteiger partial charge >= 0.3 is 0 Å². The summed E-state index contributed by atoms with van der Waals surface area (Å²) in [6.07, 6.45) is 0. The first-order chi connectivity index (χ1) is 12.4. The Balaban J connectivity index is 0.00000261. The van der Waals surface area contributed by atoms with Crippen molar-refractivity contribution in [1.82, 2.24) is 10.2 Å². The molecule has 0 saturated heterocycles. The molecule has 1 heterocycles. The van der Waals surface area contributed by atoms with E-state index in [1.165, 1.54) is 0 Å². The van der Waals surface area contributed by atoms with Crippen molar-refractivity contribution < 1.29 is 27.4 Å². The van der Waals surface area contributed by atoms with Crippen LogP contribution in [0.25, 0.3) is 0 Å². The molecule has 2 aromatic rings. The molecule has 2 aromatic carbocycles. The summed E-state index contributed by atoms with van der Waals surface area (Å²) in [7, 11) is 3.64. The summed E-state index contributed by atoms with van der Waals surface area (Å²) >= 11 is 0. The third-order valence-electron chi connectivity index (χ3n) is 4.14. The third-order valence-corrected chi connectivity index (χ3v) is 4.14. The van der Waals surface area contributed by atoms with E-state index in [1.54, 1.807) is 12.1 Å². The molecule has 1 unspecified atom stereocenters. The fourth-order valence-corrected chi connectivity index (χ4v) is 2.70. The summed E-state index contributed by atoms with van der Waals surface area (Å²) < 4.78 is 50.7. The molecule has 5 nitrogen and oxygen atoms in total. The largest absolute Gasteiger partial charge is 0.454 e. The molecular formula is C18H18ClF3N2O3. The molecule has 1 atom stereocenters. The van der Waals surface area contributed by atoms with Crippen molar-refractivity contribution in [3.63, 3.8) is 0 Å².